The van der Waals surface area contributed by atoms with E-state index in [1.54, 1.807) is 18.3 Å². The van der Waals surface area contributed by atoms with Gasteiger partial charge in [0.05, 0.1) is 6.20 Å². The Morgan fingerprint density at radius 1 is 1.43 bits per heavy atom. The minimum absolute atomic E-state index is 0.0207. The minimum Gasteiger partial charge on any atom is -0.356 e. The molecular weight excluding hydrogens is 178 g/mol. The molecule has 1 heterocycles. The molecule has 3 heteroatoms. The molecule has 2 aromatic rings. The quantitative estimate of drug-likeness (QED) is 0.682. The van der Waals surface area contributed by atoms with Crippen molar-refractivity contribution in [3.8, 4) is 0 Å². The molecule has 14 heavy (non-hydrogen) atoms. The van der Waals surface area contributed by atoms with E-state index in [1.807, 2.05) is 19.9 Å². The lowest BCUT2D eigenvalue weighted by atomic mass is 10.0. The average molecular weight is 189 g/mol. The average Bonchev–Trinajstić information content (AvgIpc) is 2.62. The number of rotatable bonds is 2. The molecule has 0 fully saturated rings. The van der Waals surface area contributed by atoms with Gasteiger partial charge in [0.15, 0.2) is 11.4 Å². The summed E-state index contributed by atoms with van der Waals surface area (Å²) in [7, 11) is 0. The molecule has 0 unspecified atom stereocenters. The van der Waals surface area contributed by atoms with Crippen molar-refractivity contribution in [3.05, 3.63) is 30.0 Å². The van der Waals surface area contributed by atoms with Crippen LogP contribution in [0, 0.1) is 5.92 Å². The molecule has 1 aromatic carbocycles. The number of hydrogen-bond donors (Lipinski definition) is 0. The van der Waals surface area contributed by atoms with Crippen LogP contribution in [0.5, 0.6) is 0 Å². The number of carbonyl (C=O) groups is 1. The van der Waals surface area contributed by atoms with Crippen molar-refractivity contribution in [2.24, 2.45) is 5.92 Å². The zero-order chi connectivity index (χ0) is 10.1. The van der Waals surface area contributed by atoms with Crippen LogP contribution in [0.3, 0.4) is 0 Å². The van der Waals surface area contributed by atoms with Gasteiger partial charge in [-0.25, -0.2) is 0 Å². The second-order valence-electron chi connectivity index (χ2n) is 3.60. The Kier molecular flexibility index (Phi) is 2.08. The van der Waals surface area contributed by atoms with Crippen molar-refractivity contribution in [1.29, 1.82) is 0 Å². The van der Waals surface area contributed by atoms with E-state index in [-0.39, 0.29) is 11.7 Å². The van der Waals surface area contributed by atoms with Crippen molar-refractivity contribution in [2.75, 3.05) is 0 Å². The number of carbonyl (C=O) groups excluding carboxylic acids is 1. The second kappa shape index (κ2) is 3.25. The number of benzene rings is 1. The highest BCUT2D eigenvalue weighted by Crippen LogP contribution is 2.17. The summed E-state index contributed by atoms with van der Waals surface area (Å²) in [6.07, 6.45) is 1.62. The van der Waals surface area contributed by atoms with E-state index in [0.29, 0.717) is 5.58 Å². The summed E-state index contributed by atoms with van der Waals surface area (Å²) in [5.74, 6) is 0.167. The minimum atomic E-state index is 0.0207. The largest absolute Gasteiger partial charge is 0.356 e. The Morgan fingerprint density at radius 3 is 2.93 bits per heavy atom. The molecule has 0 radical (unpaired) electrons. The number of ketones is 1. The summed E-state index contributed by atoms with van der Waals surface area (Å²) in [5, 5.41) is 4.53. The maximum Gasteiger partial charge on any atom is 0.166 e. The van der Waals surface area contributed by atoms with Gasteiger partial charge in [-0.05, 0) is 18.2 Å². The second-order valence-corrected chi connectivity index (χ2v) is 3.60. The molecule has 0 saturated carbocycles. The van der Waals surface area contributed by atoms with Gasteiger partial charge in [-0.2, -0.15) is 0 Å². The summed E-state index contributed by atoms with van der Waals surface area (Å²) < 4.78 is 4.95. The van der Waals surface area contributed by atoms with Gasteiger partial charge in [0.1, 0.15) is 0 Å². The predicted octanol–water partition coefficient (Wildman–Crippen LogP) is 2.67. The standard InChI is InChI=1S/C11H11NO2/c1-7(2)11(13)8-3-4-10-9(5-8)6-12-14-10/h3-7H,1-2H3. The highest BCUT2D eigenvalue weighted by Gasteiger charge is 2.11. The zero-order valence-corrected chi connectivity index (χ0v) is 8.15. The van der Waals surface area contributed by atoms with Gasteiger partial charge in [-0.15, -0.1) is 0 Å². The van der Waals surface area contributed by atoms with Crippen molar-refractivity contribution >= 4 is 16.8 Å². The van der Waals surface area contributed by atoms with Crippen LogP contribution in [0.4, 0.5) is 0 Å². The Morgan fingerprint density at radius 2 is 2.21 bits per heavy atom. The lowest BCUT2D eigenvalue weighted by molar-refractivity contribution is 0.0939. The first-order valence-electron chi connectivity index (χ1n) is 4.57. The number of Topliss-reactive ketones (excluding diaryl/α,β-unsaturated/α-hetero) is 1. The molecule has 0 aliphatic heterocycles. The molecule has 0 saturated heterocycles. The summed E-state index contributed by atoms with van der Waals surface area (Å²) in [5.41, 5.74) is 1.43. The van der Waals surface area contributed by atoms with Crippen molar-refractivity contribution in [3.63, 3.8) is 0 Å². The SMILES string of the molecule is CC(C)C(=O)c1ccc2oncc2c1. The van der Waals surface area contributed by atoms with Gasteiger partial charge in [0, 0.05) is 16.9 Å². The van der Waals surface area contributed by atoms with Crippen LogP contribution in [0.25, 0.3) is 11.0 Å². The molecule has 1 aromatic heterocycles. The van der Waals surface area contributed by atoms with Crippen LogP contribution >= 0.6 is 0 Å². The Labute approximate surface area is 81.7 Å². The van der Waals surface area contributed by atoms with Gasteiger partial charge < -0.3 is 4.52 Å². The predicted molar refractivity (Wildman–Crippen MR) is 53.2 cm³/mol. The molecule has 3 nitrogen and oxygen atoms in total. The van der Waals surface area contributed by atoms with Crippen LogP contribution in [0.2, 0.25) is 0 Å². The molecular formula is C11H11NO2. The molecule has 2 rings (SSSR count). The smallest absolute Gasteiger partial charge is 0.166 e. The Hall–Kier alpha value is -1.64. The van der Waals surface area contributed by atoms with Crippen molar-refractivity contribution < 1.29 is 9.32 Å². The van der Waals surface area contributed by atoms with Crippen LogP contribution in [0.1, 0.15) is 24.2 Å². The first-order valence-corrected chi connectivity index (χ1v) is 4.57. The Balaban J connectivity index is 2.48. The van der Waals surface area contributed by atoms with E-state index in [9.17, 15) is 4.79 Å². The monoisotopic (exact) mass is 189 g/mol. The molecule has 0 aliphatic rings. The van der Waals surface area contributed by atoms with E-state index < -0.39 is 0 Å². The third-order valence-electron chi connectivity index (χ3n) is 2.16. The highest BCUT2D eigenvalue weighted by atomic mass is 16.5. The fourth-order valence-corrected chi connectivity index (χ4v) is 1.36. The maximum absolute atomic E-state index is 11.7. The molecule has 0 bridgehead atoms. The van der Waals surface area contributed by atoms with E-state index in [1.165, 1.54) is 0 Å². The van der Waals surface area contributed by atoms with E-state index in [0.717, 1.165) is 10.9 Å². The van der Waals surface area contributed by atoms with Crippen LogP contribution in [-0.4, -0.2) is 10.9 Å². The summed E-state index contributed by atoms with van der Waals surface area (Å²) in [6, 6.07) is 5.36. The van der Waals surface area contributed by atoms with Crippen molar-refractivity contribution in [2.45, 2.75) is 13.8 Å². The number of nitrogens with zero attached hydrogens (tertiary/aromatic N) is 1. The summed E-state index contributed by atoms with van der Waals surface area (Å²) in [6.45, 7) is 3.78. The zero-order valence-electron chi connectivity index (χ0n) is 8.15. The molecule has 0 aliphatic carbocycles. The molecule has 0 amide bonds. The molecule has 0 spiro atoms. The van der Waals surface area contributed by atoms with Gasteiger partial charge in [-0.3, -0.25) is 4.79 Å². The number of aromatic nitrogens is 1. The van der Waals surface area contributed by atoms with Gasteiger partial charge in [0.2, 0.25) is 0 Å². The molecule has 0 atom stereocenters. The van der Waals surface area contributed by atoms with E-state index in [2.05, 4.69) is 5.16 Å². The van der Waals surface area contributed by atoms with E-state index >= 15 is 0 Å². The lowest BCUT2D eigenvalue weighted by Gasteiger charge is -2.02. The lowest BCUT2D eigenvalue weighted by Crippen LogP contribution is -2.06. The summed E-state index contributed by atoms with van der Waals surface area (Å²) >= 11 is 0. The topological polar surface area (TPSA) is 43.1 Å². The van der Waals surface area contributed by atoms with Crippen LogP contribution in [0.15, 0.2) is 28.9 Å². The molecule has 72 valence electrons. The van der Waals surface area contributed by atoms with Crippen molar-refractivity contribution in [1.82, 2.24) is 5.16 Å². The van der Waals surface area contributed by atoms with Gasteiger partial charge in [0.25, 0.3) is 0 Å². The number of hydrogen-bond acceptors (Lipinski definition) is 3. The van der Waals surface area contributed by atoms with Gasteiger partial charge in [-0.1, -0.05) is 19.0 Å². The van der Waals surface area contributed by atoms with Crippen LogP contribution < -0.4 is 0 Å². The highest BCUT2D eigenvalue weighted by molar-refractivity contribution is 6.00. The normalized spacial score (nSPS) is 11.1. The Bertz CT molecular complexity index is 471. The third-order valence-corrected chi connectivity index (χ3v) is 2.16. The van der Waals surface area contributed by atoms with Crippen LogP contribution in [-0.2, 0) is 0 Å². The fraction of sp³-hybridized carbons (Fsp3) is 0.273. The fourth-order valence-electron chi connectivity index (χ4n) is 1.36. The first-order chi connectivity index (χ1) is 6.68. The third kappa shape index (κ3) is 1.41. The van der Waals surface area contributed by atoms with E-state index in [4.69, 9.17) is 4.52 Å². The number of fused-ring (bicyclic) bond motifs is 1. The summed E-state index contributed by atoms with van der Waals surface area (Å²) in [4.78, 5) is 11.7. The molecule has 0 N–H and O–H groups in total. The maximum atomic E-state index is 11.7. The first kappa shape index (κ1) is 8.94. The van der Waals surface area contributed by atoms with Gasteiger partial charge >= 0.3 is 0 Å².